The molecule has 4 nitrogen and oxygen atoms in total. The van der Waals surface area contributed by atoms with Crippen molar-refractivity contribution < 1.29 is 0 Å². The van der Waals surface area contributed by atoms with E-state index in [9.17, 15) is 0 Å². The van der Waals surface area contributed by atoms with E-state index < -0.39 is 0 Å². The first-order valence-corrected chi connectivity index (χ1v) is 2.54. The Morgan fingerprint density at radius 1 is 1.75 bits per heavy atom. The van der Waals surface area contributed by atoms with Crippen molar-refractivity contribution in [2.24, 2.45) is 5.84 Å². The highest BCUT2D eigenvalue weighted by molar-refractivity contribution is 4.85. The minimum Gasteiger partial charge on any atom is -0.295 e. The molecular formula is C4H10N4. The topological polar surface area (TPSA) is 53.3 Å². The summed E-state index contributed by atoms with van der Waals surface area (Å²) in [6, 6.07) is 0. The Morgan fingerprint density at radius 3 is 3.00 bits per heavy atom. The number of rotatable bonds is 1. The van der Waals surface area contributed by atoms with Gasteiger partial charge in [-0.05, 0) is 0 Å². The second-order valence-corrected chi connectivity index (χ2v) is 1.60. The summed E-state index contributed by atoms with van der Waals surface area (Å²) in [7, 11) is 0. The fourth-order valence-corrected chi connectivity index (χ4v) is 0.590. The number of hydrogen-bond acceptors (Lipinski definition) is 4. The largest absolute Gasteiger partial charge is 0.295 e. The molecule has 0 amide bonds. The number of nitrogens with one attached hydrogen (secondary N) is 2. The highest BCUT2D eigenvalue weighted by Gasteiger charge is 1.96. The van der Waals surface area contributed by atoms with Crippen molar-refractivity contribution in [3.63, 3.8) is 0 Å². The van der Waals surface area contributed by atoms with Crippen molar-refractivity contribution in [1.29, 1.82) is 0 Å². The molecule has 0 spiro atoms. The Balaban J connectivity index is 2.32. The Hall–Kier alpha value is -0.580. The average Bonchev–Trinajstić information content (AvgIpc) is 1.90. The third-order valence-electron chi connectivity index (χ3n) is 0.996. The lowest BCUT2D eigenvalue weighted by atomic mass is 10.5. The van der Waals surface area contributed by atoms with Gasteiger partial charge in [0.25, 0.3) is 0 Å². The van der Waals surface area contributed by atoms with Gasteiger partial charge in [-0.2, -0.15) is 5.53 Å². The van der Waals surface area contributed by atoms with E-state index in [2.05, 4.69) is 10.9 Å². The molecule has 0 radical (unpaired) electrons. The summed E-state index contributed by atoms with van der Waals surface area (Å²) in [5.74, 6) is 5.09. The monoisotopic (exact) mass is 114 g/mol. The van der Waals surface area contributed by atoms with E-state index in [-0.39, 0.29) is 0 Å². The standard InChI is InChI=1S/C4H10N4/c5-7-8-3-1-2-6-4-8/h1,3,6-7H,2,4-5H2. The molecule has 0 unspecified atom stereocenters. The van der Waals surface area contributed by atoms with E-state index in [4.69, 9.17) is 5.84 Å². The maximum absolute atomic E-state index is 5.09. The van der Waals surface area contributed by atoms with Gasteiger partial charge >= 0.3 is 0 Å². The van der Waals surface area contributed by atoms with Gasteiger partial charge in [-0.1, -0.05) is 6.08 Å². The molecule has 0 aromatic rings. The van der Waals surface area contributed by atoms with E-state index in [1.165, 1.54) is 0 Å². The first-order valence-electron chi connectivity index (χ1n) is 2.54. The third-order valence-corrected chi connectivity index (χ3v) is 0.996. The second-order valence-electron chi connectivity index (χ2n) is 1.60. The Bertz CT molecular complexity index is 90.0. The van der Waals surface area contributed by atoms with Crippen LogP contribution in [0.5, 0.6) is 0 Å². The zero-order valence-electron chi connectivity index (χ0n) is 4.59. The molecule has 0 fully saturated rings. The Kier molecular flexibility index (Phi) is 1.85. The minimum absolute atomic E-state index is 0.771. The van der Waals surface area contributed by atoms with Crippen molar-refractivity contribution in [2.45, 2.75) is 0 Å². The molecule has 4 heteroatoms. The van der Waals surface area contributed by atoms with Crippen LogP contribution in [0, 0.1) is 0 Å². The summed E-state index contributed by atoms with van der Waals surface area (Å²) in [5.41, 5.74) is 2.49. The van der Waals surface area contributed by atoms with E-state index in [0.29, 0.717) is 0 Å². The normalized spacial score (nSPS) is 19.4. The van der Waals surface area contributed by atoms with Crippen LogP contribution < -0.4 is 16.7 Å². The fraction of sp³-hybridized carbons (Fsp3) is 0.500. The van der Waals surface area contributed by atoms with Crippen LogP contribution >= 0.6 is 0 Å². The fourth-order valence-electron chi connectivity index (χ4n) is 0.590. The van der Waals surface area contributed by atoms with Crippen LogP contribution in [-0.4, -0.2) is 18.2 Å². The molecule has 4 N–H and O–H groups in total. The Morgan fingerprint density at radius 2 is 2.62 bits per heavy atom. The van der Waals surface area contributed by atoms with Gasteiger partial charge in [0.05, 0.1) is 6.67 Å². The molecule has 1 aliphatic rings. The molecule has 46 valence electrons. The van der Waals surface area contributed by atoms with Gasteiger partial charge in [0.15, 0.2) is 0 Å². The number of nitrogens with two attached hydrogens (primary N) is 1. The smallest absolute Gasteiger partial charge is 0.0847 e. The van der Waals surface area contributed by atoms with Gasteiger partial charge in [0, 0.05) is 12.7 Å². The van der Waals surface area contributed by atoms with Crippen molar-refractivity contribution in [3.05, 3.63) is 12.3 Å². The van der Waals surface area contributed by atoms with Crippen molar-refractivity contribution in [3.8, 4) is 0 Å². The molecule has 1 rings (SSSR count). The molecule has 0 aromatic carbocycles. The summed E-state index contributed by atoms with van der Waals surface area (Å²) < 4.78 is 0. The van der Waals surface area contributed by atoms with Crippen LogP contribution in [0.15, 0.2) is 12.3 Å². The lowest BCUT2D eigenvalue weighted by Gasteiger charge is -2.21. The van der Waals surface area contributed by atoms with Gasteiger partial charge in [-0.3, -0.25) is 16.2 Å². The predicted molar refractivity (Wildman–Crippen MR) is 31.2 cm³/mol. The van der Waals surface area contributed by atoms with Crippen LogP contribution in [0.2, 0.25) is 0 Å². The summed E-state index contributed by atoms with van der Waals surface area (Å²) >= 11 is 0. The molecule has 0 atom stereocenters. The Labute approximate surface area is 48.3 Å². The average molecular weight is 114 g/mol. The molecule has 0 bridgehead atoms. The van der Waals surface area contributed by atoms with Gasteiger partial charge in [-0.15, -0.1) is 0 Å². The number of hydrazine groups is 2. The van der Waals surface area contributed by atoms with Gasteiger partial charge in [-0.25, -0.2) is 0 Å². The van der Waals surface area contributed by atoms with Crippen LogP contribution in [0.1, 0.15) is 0 Å². The van der Waals surface area contributed by atoms with Gasteiger partial charge < -0.3 is 0 Å². The number of nitrogens with zero attached hydrogens (tertiary/aromatic N) is 1. The molecule has 1 aliphatic heterocycles. The summed E-state index contributed by atoms with van der Waals surface area (Å²) in [6.45, 7) is 1.70. The second kappa shape index (κ2) is 2.66. The third kappa shape index (κ3) is 1.19. The van der Waals surface area contributed by atoms with Crippen molar-refractivity contribution >= 4 is 0 Å². The quantitative estimate of drug-likeness (QED) is 0.294. The van der Waals surface area contributed by atoms with Crippen LogP contribution in [0.3, 0.4) is 0 Å². The highest BCUT2D eigenvalue weighted by Crippen LogP contribution is 1.84. The van der Waals surface area contributed by atoms with Crippen LogP contribution in [0.4, 0.5) is 0 Å². The van der Waals surface area contributed by atoms with E-state index >= 15 is 0 Å². The lowest BCUT2D eigenvalue weighted by molar-refractivity contribution is 0.246. The minimum atomic E-state index is 0.771. The summed E-state index contributed by atoms with van der Waals surface area (Å²) in [5, 5.41) is 4.84. The van der Waals surface area contributed by atoms with E-state index in [1.54, 1.807) is 5.01 Å². The lowest BCUT2D eigenvalue weighted by Crippen LogP contribution is -2.46. The molecular weight excluding hydrogens is 104 g/mol. The molecule has 0 aromatic heterocycles. The van der Waals surface area contributed by atoms with Gasteiger partial charge in [0.1, 0.15) is 0 Å². The van der Waals surface area contributed by atoms with E-state index in [0.717, 1.165) is 13.2 Å². The first kappa shape index (κ1) is 5.55. The zero-order chi connectivity index (χ0) is 5.82. The zero-order valence-corrected chi connectivity index (χ0v) is 4.59. The molecule has 1 heterocycles. The van der Waals surface area contributed by atoms with E-state index in [1.807, 2.05) is 12.3 Å². The van der Waals surface area contributed by atoms with Crippen molar-refractivity contribution in [1.82, 2.24) is 15.9 Å². The van der Waals surface area contributed by atoms with Crippen molar-refractivity contribution in [2.75, 3.05) is 13.2 Å². The summed E-state index contributed by atoms with van der Waals surface area (Å²) in [4.78, 5) is 0. The summed E-state index contributed by atoms with van der Waals surface area (Å²) in [6.07, 6.45) is 3.89. The van der Waals surface area contributed by atoms with Crippen LogP contribution in [-0.2, 0) is 0 Å². The predicted octanol–water partition coefficient (Wildman–Crippen LogP) is -1.26. The maximum Gasteiger partial charge on any atom is 0.0847 e. The number of hydrogen-bond donors (Lipinski definition) is 3. The molecule has 0 saturated carbocycles. The molecule has 0 aliphatic carbocycles. The van der Waals surface area contributed by atoms with Crippen LogP contribution in [0.25, 0.3) is 0 Å². The molecule has 8 heavy (non-hydrogen) atoms. The van der Waals surface area contributed by atoms with Gasteiger partial charge in [0.2, 0.25) is 0 Å². The SMILES string of the molecule is NNN1C=CCNC1. The maximum atomic E-state index is 5.09. The first-order chi connectivity index (χ1) is 3.93. The highest BCUT2D eigenvalue weighted by atomic mass is 15.6. The molecule has 0 saturated heterocycles.